The van der Waals surface area contributed by atoms with E-state index in [9.17, 15) is 4.79 Å². The summed E-state index contributed by atoms with van der Waals surface area (Å²) in [5.74, 6) is 0.0292. The Kier molecular flexibility index (Phi) is 3.34. The smallest absolute Gasteiger partial charge is 0.228 e. The number of nitrogens with zero attached hydrogens (tertiary/aromatic N) is 1. The molecule has 1 fully saturated rings. The van der Waals surface area contributed by atoms with Crippen LogP contribution >= 0.6 is 34.8 Å². The van der Waals surface area contributed by atoms with Gasteiger partial charge in [-0.15, -0.1) is 11.6 Å². The summed E-state index contributed by atoms with van der Waals surface area (Å²) in [6.45, 7) is 2.42. The largest absolute Gasteiger partial charge is 0.311 e. The number of anilines is 1. The van der Waals surface area contributed by atoms with Crippen LogP contribution in [0.3, 0.4) is 0 Å². The molecule has 0 radical (unpaired) electrons. The average Bonchev–Trinajstić information content (AvgIpc) is 2.51. The molecule has 0 spiro atoms. The highest BCUT2D eigenvalue weighted by molar-refractivity contribution is 6.42. The number of amides is 1. The molecule has 0 N–H and O–H groups in total. The average molecular weight is 279 g/mol. The van der Waals surface area contributed by atoms with Crippen molar-refractivity contribution in [1.82, 2.24) is 0 Å². The predicted molar refractivity (Wildman–Crippen MR) is 67.8 cm³/mol. The Morgan fingerprint density at radius 2 is 1.94 bits per heavy atom. The third-order valence-electron chi connectivity index (χ3n) is 2.61. The Balaban J connectivity index is 2.41. The van der Waals surface area contributed by atoms with Crippen molar-refractivity contribution in [2.45, 2.75) is 18.7 Å². The zero-order valence-corrected chi connectivity index (χ0v) is 10.9. The minimum Gasteiger partial charge on any atom is -0.311 e. The van der Waals surface area contributed by atoms with Crippen LogP contribution in [-0.4, -0.2) is 17.8 Å². The molecule has 1 aromatic carbocycles. The number of rotatable bonds is 1. The van der Waals surface area contributed by atoms with Crippen LogP contribution in [-0.2, 0) is 4.79 Å². The standard InChI is InChI=1S/C11H10Cl3NO/c1-6-2-8(13)9(14)4-10(6)15-5-7(12)3-11(15)16/h2,4,7H,3,5H2,1H3. The summed E-state index contributed by atoms with van der Waals surface area (Å²) < 4.78 is 0. The highest BCUT2D eigenvalue weighted by atomic mass is 35.5. The quantitative estimate of drug-likeness (QED) is 0.718. The molecule has 5 heteroatoms. The Labute approximate surface area is 109 Å². The van der Waals surface area contributed by atoms with E-state index < -0.39 is 0 Å². The normalized spacial score (nSPS) is 20.6. The summed E-state index contributed by atoms with van der Waals surface area (Å²) in [6.07, 6.45) is 0.376. The van der Waals surface area contributed by atoms with Crippen molar-refractivity contribution < 1.29 is 4.79 Å². The molecule has 1 unspecified atom stereocenters. The van der Waals surface area contributed by atoms with Crippen LogP contribution in [0.4, 0.5) is 5.69 Å². The van der Waals surface area contributed by atoms with Gasteiger partial charge >= 0.3 is 0 Å². The highest BCUT2D eigenvalue weighted by Gasteiger charge is 2.30. The van der Waals surface area contributed by atoms with Gasteiger partial charge < -0.3 is 4.90 Å². The van der Waals surface area contributed by atoms with E-state index in [0.29, 0.717) is 23.0 Å². The van der Waals surface area contributed by atoms with Crippen LogP contribution in [0.25, 0.3) is 0 Å². The highest BCUT2D eigenvalue weighted by Crippen LogP contribution is 2.33. The molecule has 16 heavy (non-hydrogen) atoms. The minimum absolute atomic E-state index is 0.0292. The summed E-state index contributed by atoms with van der Waals surface area (Å²) in [5, 5.41) is 0.825. The van der Waals surface area contributed by atoms with Gasteiger partial charge in [-0.3, -0.25) is 4.79 Å². The van der Waals surface area contributed by atoms with Crippen molar-refractivity contribution in [3.8, 4) is 0 Å². The summed E-state index contributed by atoms with van der Waals surface area (Å²) in [5.41, 5.74) is 1.72. The van der Waals surface area contributed by atoms with Crippen LogP contribution in [0, 0.1) is 6.92 Å². The van der Waals surface area contributed by atoms with Crippen molar-refractivity contribution in [3.63, 3.8) is 0 Å². The first-order valence-corrected chi connectivity index (χ1v) is 6.08. The lowest BCUT2D eigenvalue weighted by Gasteiger charge is -2.19. The Hall–Kier alpha value is -0.440. The molecule has 1 aromatic rings. The molecule has 1 aliphatic rings. The first kappa shape index (κ1) is 12.0. The lowest BCUT2D eigenvalue weighted by atomic mass is 10.2. The lowest BCUT2D eigenvalue weighted by Crippen LogP contribution is -2.25. The van der Waals surface area contributed by atoms with Gasteiger partial charge in [-0.05, 0) is 24.6 Å². The van der Waals surface area contributed by atoms with E-state index in [1.54, 1.807) is 17.0 Å². The van der Waals surface area contributed by atoms with Gasteiger partial charge in [0.15, 0.2) is 0 Å². The minimum atomic E-state index is -0.124. The maximum atomic E-state index is 11.7. The predicted octanol–water partition coefficient (Wildman–Crippen LogP) is 3.65. The summed E-state index contributed by atoms with van der Waals surface area (Å²) in [4.78, 5) is 13.4. The maximum Gasteiger partial charge on any atom is 0.228 e. The molecule has 2 rings (SSSR count). The van der Waals surface area contributed by atoms with Crippen LogP contribution < -0.4 is 4.90 Å². The molecule has 0 aliphatic carbocycles. The number of benzene rings is 1. The third kappa shape index (κ3) is 2.15. The SMILES string of the molecule is Cc1cc(Cl)c(Cl)cc1N1CC(Cl)CC1=O. The number of hydrogen-bond acceptors (Lipinski definition) is 1. The summed E-state index contributed by atoms with van der Waals surface area (Å²) >= 11 is 17.8. The van der Waals surface area contributed by atoms with Crippen molar-refractivity contribution >= 4 is 46.4 Å². The lowest BCUT2D eigenvalue weighted by molar-refractivity contribution is -0.117. The van der Waals surface area contributed by atoms with Crippen LogP contribution in [0.5, 0.6) is 0 Å². The topological polar surface area (TPSA) is 20.3 Å². The van der Waals surface area contributed by atoms with Crippen molar-refractivity contribution in [2.24, 2.45) is 0 Å². The fourth-order valence-electron chi connectivity index (χ4n) is 1.82. The Bertz CT molecular complexity index is 447. The maximum absolute atomic E-state index is 11.7. The molecule has 2 nitrogen and oxygen atoms in total. The van der Waals surface area contributed by atoms with Gasteiger partial charge in [0.2, 0.25) is 5.91 Å². The number of hydrogen-bond donors (Lipinski definition) is 0. The second kappa shape index (κ2) is 4.44. The van der Waals surface area contributed by atoms with Gasteiger partial charge in [0.25, 0.3) is 0 Å². The number of aryl methyl sites for hydroxylation is 1. The Morgan fingerprint density at radius 3 is 2.50 bits per heavy atom. The molecule has 0 bridgehead atoms. The zero-order chi connectivity index (χ0) is 11.9. The van der Waals surface area contributed by atoms with Crippen molar-refractivity contribution in [3.05, 3.63) is 27.7 Å². The number of halogens is 3. The summed E-state index contributed by atoms with van der Waals surface area (Å²) in [6, 6.07) is 3.47. The molecule has 0 saturated carbocycles. The van der Waals surface area contributed by atoms with Gasteiger partial charge in [-0.25, -0.2) is 0 Å². The number of alkyl halides is 1. The molecule has 1 amide bonds. The van der Waals surface area contributed by atoms with Gasteiger partial charge in [0.1, 0.15) is 0 Å². The van der Waals surface area contributed by atoms with Gasteiger partial charge in [-0.1, -0.05) is 23.2 Å². The van der Waals surface area contributed by atoms with E-state index in [4.69, 9.17) is 34.8 Å². The van der Waals surface area contributed by atoms with E-state index in [1.165, 1.54) is 0 Å². The molecular weight excluding hydrogens is 268 g/mol. The van der Waals surface area contributed by atoms with E-state index in [2.05, 4.69) is 0 Å². The fraction of sp³-hybridized carbons (Fsp3) is 0.364. The van der Waals surface area contributed by atoms with Crippen LogP contribution in [0.15, 0.2) is 12.1 Å². The molecule has 1 heterocycles. The Morgan fingerprint density at radius 1 is 1.31 bits per heavy atom. The van der Waals surface area contributed by atoms with E-state index in [-0.39, 0.29) is 11.3 Å². The molecule has 1 atom stereocenters. The molecule has 86 valence electrons. The van der Waals surface area contributed by atoms with E-state index in [1.807, 2.05) is 6.92 Å². The second-order valence-corrected chi connectivity index (χ2v) is 5.29. The zero-order valence-electron chi connectivity index (χ0n) is 8.64. The second-order valence-electron chi connectivity index (χ2n) is 3.86. The monoisotopic (exact) mass is 277 g/mol. The first-order valence-electron chi connectivity index (χ1n) is 4.89. The molecular formula is C11H10Cl3NO. The van der Waals surface area contributed by atoms with Crippen molar-refractivity contribution in [2.75, 3.05) is 11.4 Å². The van der Waals surface area contributed by atoms with E-state index >= 15 is 0 Å². The van der Waals surface area contributed by atoms with Gasteiger partial charge in [0, 0.05) is 18.7 Å². The van der Waals surface area contributed by atoms with Crippen LogP contribution in [0.1, 0.15) is 12.0 Å². The first-order chi connectivity index (χ1) is 7.49. The fourth-order valence-corrected chi connectivity index (χ4v) is 2.47. The summed E-state index contributed by atoms with van der Waals surface area (Å²) in [7, 11) is 0. The van der Waals surface area contributed by atoms with Gasteiger partial charge in [-0.2, -0.15) is 0 Å². The van der Waals surface area contributed by atoms with Gasteiger partial charge in [0.05, 0.1) is 15.4 Å². The third-order valence-corrected chi connectivity index (χ3v) is 3.62. The van der Waals surface area contributed by atoms with Crippen LogP contribution in [0.2, 0.25) is 10.0 Å². The van der Waals surface area contributed by atoms with Crippen molar-refractivity contribution in [1.29, 1.82) is 0 Å². The number of carbonyl (C=O) groups excluding carboxylic acids is 1. The van der Waals surface area contributed by atoms with E-state index in [0.717, 1.165) is 11.3 Å². The number of carbonyl (C=O) groups is 1. The molecule has 1 saturated heterocycles. The molecule has 1 aliphatic heterocycles. The molecule has 0 aromatic heterocycles.